The number of hydrogen-bond acceptors (Lipinski definition) is 7. The van der Waals surface area contributed by atoms with Gasteiger partial charge < -0.3 is 20.4 Å². The number of aromatic nitrogens is 4. The fourth-order valence-electron chi connectivity index (χ4n) is 4.13. The minimum Gasteiger partial charge on any atom is -0.369 e. The van der Waals surface area contributed by atoms with Crippen LogP contribution in [-0.2, 0) is 4.79 Å². The maximum absolute atomic E-state index is 11.8. The number of benzene rings is 2. The Morgan fingerprint density at radius 1 is 1.08 bits per heavy atom. The molecule has 0 spiro atoms. The highest BCUT2D eigenvalue weighted by atomic mass is 127. The van der Waals surface area contributed by atoms with E-state index in [1.165, 1.54) is 11.8 Å². The summed E-state index contributed by atoms with van der Waals surface area (Å²) in [7, 11) is 2.16. The molecule has 1 unspecified atom stereocenters. The molecule has 0 bridgehead atoms. The molecule has 184 valence electrons. The molecule has 0 saturated carbocycles. The second-order valence-corrected chi connectivity index (χ2v) is 10.6. The van der Waals surface area contributed by atoms with Crippen molar-refractivity contribution in [3.05, 3.63) is 67.4 Å². The first-order valence-corrected chi connectivity index (χ1v) is 15.6. The first-order valence-electron chi connectivity index (χ1n) is 11.5. The Morgan fingerprint density at radius 3 is 2.58 bits per heavy atom. The summed E-state index contributed by atoms with van der Waals surface area (Å²) in [4.78, 5) is 26.2. The average molecular weight is 612 g/mol. The lowest BCUT2D eigenvalue weighted by Gasteiger charge is -2.34. The number of likely N-dealkylation sites (N-methyl/N-ethyl adjacent to an activating group) is 1. The van der Waals surface area contributed by atoms with E-state index in [-0.39, 0.29) is 5.91 Å². The molecule has 0 aliphatic carbocycles. The molecule has 9 nitrogen and oxygen atoms in total. The second kappa shape index (κ2) is 10.9. The van der Waals surface area contributed by atoms with Crippen LogP contribution in [0.15, 0.2) is 67.4 Å². The third-order valence-corrected chi connectivity index (χ3v) is 7.95. The van der Waals surface area contributed by atoms with Crippen LogP contribution >= 0.6 is 28.4 Å². The predicted octanol–water partition coefficient (Wildman–Crippen LogP) is 4.90. The summed E-state index contributed by atoms with van der Waals surface area (Å²) >= 11 is 2.29. The Balaban J connectivity index is 1.46. The van der Waals surface area contributed by atoms with Gasteiger partial charge in [-0.2, -0.15) is 10.1 Å². The van der Waals surface area contributed by atoms with Gasteiger partial charge in [0.1, 0.15) is 0 Å². The normalized spacial score (nSPS) is 14.4. The van der Waals surface area contributed by atoms with Crippen LogP contribution in [0.3, 0.4) is 0 Å². The Hall–Kier alpha value is -3.08. The fraction of sp³-hybridized carbons (Fsp3) is 0.200. The van der Waals surface area contributed by atoms with E-state index in [1.807, 2.05) is 28.7 Å². The number of carbonyl (C=O) groups excluding carboxylic acids is 1. The largest absolute Gasteiger partial charge is 0.369 e. The summed E-state index contributed by atoms with van der Waals surface area (Å²) in [6.45, 7) is 7.71. The lowest BCUT2D eigenvalue weighted by molar-refractivity contribution is -0.111. The van der Waals surface area contributed by atoms with Crippen molar-refractivity contribution >= 4 is 68.4 Å². The number of fused-ring (bicyclic) bond motifs is 1. The van der Waals surface area contributed by atoms with E-state index in [0.717, 1.165) is 54.2 Å². The SMILES string of the molecule is C=CC(=O)Nc1cccc(-c2nc(Nc3ccc(N4CCN(C)CC4)cc3)nc3c2cnn3PI)c1. The van der Waals surface area contributed by atoms with Gasteiger partial charge in [-0.1, -0.05) is 18.7 Å². The molecule has 1 saturated heterocycles. The van der Waals surface area contributed by atoms with E-state index in [2.05, 4.69) is 85.5 Å². The van der Waals surface area contributed by atoms with E-state index in [9.17, 15) is 4.79 Å². The monoisotopic (exact) mass is 612 g/mol. The quantitative estimate of drug-likeness (QED) is 0.174. The molecule has 0 radical (unpaired) electrons. The number of anilines is 4. The zero-order chi connectivity index (χ0) is 25.1. The molecule has 2 aromatic carbocycles. The smallest absolute Gasteiger partial charge is 0.247 e. The molecule has 4 aromatic rings. The molecule has 1 aliphatic rings. The number of nitrogens with zero attached hydrogens (tertiary/aromatic N) is 6. The number of halogens is 1. The number of nitrogens with one attached hydrogen (secondary N) is 2. The van der Waals surface area contributed by atoms with E-state index in [4.69, 9.17) is 9.97 Å². The second-order valence-electron chi connectivity index (χ2n) is 8.51. The lowest BCUT2D eigenvalue weighted by atomic mass is 10.1. The highest BCUT2D eigenvalue weighted by Gasteiger charge is 2.16. The van der Waals surface area contributed by atoms with Crippen molar-refractivity contribution in [2.45, 2.75) is 0 Å². The Kier molecular flexibility index (Phi) is 7.45. The number of hydrogen-bond donors (Lipinski definition) is 2. The molecule has 3 heterocycles. The molecule has 1 atom stereocenters. The maximum atomic E-state index is 11.8. The van der Waals surface area contributed by atoms with Gasteiger partial charge >= 0.3 is 0 Å². The molecular formula is C25H26IN8OP. The van der Waals surface area contributed by atoms with Crippen LogP contribution < -0.4 is 15.5 Å². The number of piperazine rings is 1. The first-order chi connectivity index (χ1) is 17.5. The Labute approximate surface area is 224 Å². The van der Waals surface area contributed by atoms with Crippen molar-refractivity contribution in [1.29, 1.82) is 0 Å². The number of carbonyl (C=O) groups is 1. The van der Waals surface area contributed by atoms with Crippen molar-refractivity contribution in [2.24, 2.45) is 0 Å². The van der Waals surface area contributed by atoms with Gasteiger partial charge in [-0.05, 0) is 71.6 Å². The summed E-state index contributed by atoms with van der Waals surface area (Å²) in [5, 5.41) is 11.5. The molecule has 1 aliphatic heterocycles. The molecule has 2 aromatic heterocycles. The van der Waals surface area contributed by atoms with Gasteiger partial charge in [-0.3, -0.25) is 4.79 Å². The van der Waals surface area contributed by atoms with E-state index in [0.29, 0.717) is 18.0 Å². The zero-order valence-electron chi connectivity index (χ0n) is 19.8. The number of rotatable bonds is 7. The molecule has 1 amide bonds. The molecule has 1 fully saturated rings. The predicted molar refractivity (Wildman–Crippen MR) is 157 cm³/mol. The minimum atomic E-state index is -0.263. The van der Waals surface area contributed by atoms with Gasteiger partial charge in [0.2, 0.25) is 11.9 Å². The van der Waals surface area contributed by atoms with Crippen molar-refractivity contribution in [2.75, 3.05) is 48.8 Å². The highest BCUT2D eigenvalue weighted by Crippen LogP contribution is 2.34. The zero-order valence-corrected chi connectivity index (χ0v) is 22.9. The number of amides is 1. The van der Waals surface area contributed by atoms with Crippen molar-refractivity contribution in [3.8, 4) is 11.3 Å². The van der Waals surface area contributed by atoms with Crippen LogP contribution in [0.25, 0.3) is 22.3 Å². The van der Waals surface area contributed by atoms with Gasteiger partial charge in [-0.15, -0.1) is 0 Å². The highest BCUT2D eigenvalue weighted by molar-refractivity contribution is 14.2. The molecule has 2 N–H and O–H groups in total. The van der Waals surface area contributed by atoms with Gasteiger partial charge in [0.05, 0.1) is 23.7 Å². The fourth-order valence-corrected chi connectivity index (χ4v) is 5.54. The summed E-state index contributed by atoms with van der Waals surface area (Å²) < 4.78 is 1.87. The van der Waals surface area contributed by atoms with Crippen LogP contribution in [0.1, 0.15) is 0 Å². The van der Waals surface area contributed by atoms with Crippen molar-refractivity contribution in [1.82, 2.24) is 24.4 Å². The lowest BCUT2D eigenvalue weighted by Crippen LogP contribution is -2.44. The van der Waals surface area contributed by atoms with Gasteiger partial charge in [0.25, 0.3) is 0 Å². The van der Waals surface area contributed by atoms with Crippen LogP contribution in [0.5, 0.6) is 0 Å². The minimum absolute atomic E-state index is 0.263. The summed E-state index contributed by atoms with van der Waals surface area (Å²) in [5.41, 5.74) is 5.15. The molecule has 5 rings (SSSR count). The van der Waals surface area contributed by atoms with Gasteiger partial charge in [-0.25, -0.2) is 9.44 Å². The van der Waals surface area contributed by atoms with Crippen LogP contribution in [0.4, 0.5) is 23.0 Å². The maximum Gasteiger partial charge on any atom is 0.247 e. The molecule has 11 heteroatoms. The van der Waals surface area contributed by atoms with Crippen LogP contribution in [0, 0.1) is 0 Å². The first kappa shape index (κ1) is 24.6. The van der Waals surface area contributed by atoms with E-state index < -0.39 is 0 Å². The van der Waals surface area contributed by atoms with Gasteiger partial charge in [0.15, 0.2) is 5.65 Å². The van der Waals surface area contributed by atoms with Gasteiger partial charge in [0, 0.05) is 48.8 Å². The van der Waals surface area contributed by atoms with Crippen molar-refractivity contribution < 1.29 is 4.79 Å². The Bertz CT molecular complexity index is 1400. The summed E-state index contributed by atoms with van der Waals surface area (Å²) in [6.07, 6.45) is 3.44. The summed E-state index contributed by atoms with van der Waals surface area (Å²) in [6, 6.07) is 16.0. The van der Waals surface area contributed by atoms with Crippen LogP contribution in [-0.4, -0.2) is 63.6 Å². The van der Waals surface area contributed by atoms with Crippen LogP contribution in [0.2, 0.25) is 0 Å². The van der Waals surface area contributed by atoms with Crippen molar-refractivity contribution in [3.63, 3.8) is 0 Å². The Morgan fingerprint density at radius 2 is 1.86 bits per heavy atom. The third kappa shape index (κ3) is 5.35. The molecule has 36 heavy (non-hydrogen) atoms. The summed E-state index contributed by atoms with van der Waals surface area (Å²) in [5.74, 6) is 0.225. The standard InChI is InChI=1S/C25H26IN8OP/c1-3-22(35)28-19-6-4-5-17(15-19)23-21-16-27-34(36-26)24(21)31-25(30-23)29-18-7-9-20(10-8-18)33-13-11-32(2)12-14-33/h3-10,15-16,36H,1,11-14H2,2H3,(H,28,35)(H,29,30,31). The van der Waals surface area contributed by atoms with E-state index >= 15 is 0 Å². The van der Waals surface area contributed by atoms with E-state index in [1.54, 1.807) is 6.20 Å². The molecular weight excluding hydrogens is 586 g/mol. The average Bonchev–Trinajstić information content (AvgIpc) is 3.32. The topological polar surface area (TPSA) is 91.2 Å². The third-order valence-electron chi connectivity index (χ3n) is 6.09.